The third-order valence-electron chi connectivity index (χ3n) is 7.41. The zero-order valence-corrected chi connectivity index (χ0v) is 23.9. The molecule has 0 radical (unpaired) electrons. The summed E-state index contributed by atoms with van der Waals surface area (Å²) in [6.07, 6.45) is 4.00. The zero-order chi connectivity index (χ0) is 28.8. The summed E-state index contributed by atoms with van der Waals surface area (Å²) in [7, 11) is -3.65. The molecule has 1 unspecified atom stereocenters. The fraction of sp³-hybridized carbons (Fsp3) is 0.355. The van der Waals surface area contributed by atoms with Crippen LogP contribution in [0.1, 0.15) is 43.2 Å². The quantitative estimate of drug-likeness (QED) is 0.396. The molecule has 41 heavy (non-hydrogen) atoms. The number of aryl methyl sites for hydroxylation is 1. The van der Waals surface area contributed by atoms with Crippen molar-refractivity contribution in [1.29, 1.82) is 0 Å². The summed E-state index contributed by atoms with van der Waals surface area (Å²) in [5, 5.41) is 2.88. The molecule has 0 spiro atoms. The van der Waals surface area contributed by atoms with Crippen LogP contribution in [0.15, 0.2) is 77.7 Å². The molecule has 1 aliphatic carbocycles. The summed E-state index contributed by atoms with van der Waals surface area (Å²) in [5.74, 6) is 0.171. The van der Waals surface area contributed by atoms with Gasteiger partial charge in [-0.05, 0) is 61.2 Å². The molecule has 0 saturated heterocycles. The van der Waals surface area contributed by atoms with Gasteiger partial charge in [0.15, 0.2) is 12.7 Å². The van der Waals surface area contributed by atoms with Crippen molar-refractivity contribution in [2.24, 2.45) is 0 Å². The number of hydrogen-bond acceptors (Lipinski definition) is 6. The fourth-order valence-corrected chi connectivity index (χ4v) is 6.57. The Balaban J connectivity index is 1.23. The van der Waals surface area contributed by atoms with E-state index < -0.39 is 16.1 Å². The van der Waals surface area contributed by atoms with Crippen LogP contribution in [0, 0.1) is 6.92 Å². The highest BCUT2D eigenvalue weighted by molar-refractivity contribution is 7.89. The average Bonchev–Trinajstić information content (AvgIpc) is 2.99. The lowest BCUT2D eigenvalue weighted by Crippen LogP contribution is -2.51. The van der Waals surface area contributed by atoms with Gasteiger partial charge in [0.05, 0.1) is 17.1 Å². The molecule has 0 bridgehead atoms. The maximum atomic E-state index is 13.3. The van der Waals surface area contributed by atoms with E-state index in [0.29, 0.717) is 29.3 Å². The molecule has 216 valence electrons. The van der Waals surface area contributed by atoms with E-state index in [1.165, 1.54) is 11.0 Å². The van der Waals surface area contributed by atoms with Gasteiger partial charge < -0.3 is 19.7 Å². The molecular formula is C31H35N3O6S. The Bertz CT molecular complexity index is 1490. The third-order valence-corrected chi connectivity index (χ3v) is 8.93. The van der Waals surface area contributed by atoms with Gasteiger partial charge in [-0.2, -0.15) is 0 Å². The topological polar surface area (TPSA) is 114 Å². The van der Waals surface area contributed by atoms with E-state index in [1.807, 2.05) is 30.3 Å². The van der Waals surface area contributed by atoms with Crippen LogP contribution >= 0.6 is 0 Å². The van der Waals surface area contributed by atoms with E-state index in [0.717, 1.165) is 37.7 Å². The molecule has 1 aliphatic heterocycles. The first-order valence-electron chi connectivity index (χ1n) is 13.9. The summed E-state index contributed by atoms with van der Waals surface area (Å²) in [6.45, 7) is 1.83. The largest absolute Gasteiger partial charge is 0.483 e. The van der Waals surface area contributed by atoms with Crippen LogP contribution in [-0.4, -0.2) is 45.5 Å². The van der Waals surface area contributed by atoms with Crippen LogP contribution < -0.4 is 24.4 Å². The van der Waals surface area contributed by atoms with E-state index in [2.05, 4.69) is 10.0 Å². The first-order chi connectivity index (χ1) is 19.8. The van der Waals surface area contributed by atoms with Gasteiger partial charge in [0.2, 0.25) is 10.0 Å². The Morgan fingerprint density at radius 3 is 2.46 bits per heavy atom. The number of sulfonamides is 1. The molecule has 9 nitrogen and oxygen atoms in total. The predicted octanol–water partition coefficient (Wildman–Crippen LogP) is 4.10. The molecule has 1 saturated carbocycles. The van der Waals surface area contributed by atoms with E-state index in [4.69, 9.17) is 9.47 Å². The average molecular weight is 578 g/mol. The number of hydrogen-bond donors (Lipinski definition) is 2. The van der Waals surface area contributed by atoms with Gasteiger partial charge in [0.1, 0.15) is 11.5 Å². The molecule has 2 N–H and O–H groups in total. The minimum absolute atomic E-state index is 0.0306. The van der Waals surface area contributed by atoms with Crippen LogP contribution in [0.3, 0.4) is 0 Å². The molecule has 1 heterocycles. The molecule has 1 atom stereocenters. The van der Waals surface area contributed by atoms with Crippen LogP contribution in [0.2, 0.25) is 0 Å². The Hall–Kier alpha value is -3.89. The highest BCUT2D eigenvalue weighted by Gasteiger charge is 2.34. The molecule has 10 heteroatoms. The maximum Gasteiger partial charge on any atom is 0.265 e. The number of nitrogens with one attached hydrogen (secondary N) is 2. The molecule has 3 aromatic rings. The van der Waals surface area contributed by atoms with Gasteiger partial charge in [0.25, 0.3) is 11.8 Å². The highest BCUT2D eigenvalue weighted by atomic mass is 32.2. The number of carbonyl (C=O) groups excluding carboxylic acids is 2. The van der Waals surface area contributed by atoms with E-state index >= 15 is 0 Å². The van der Waals surface area contributed by atoms with Crippen LogP contribution in [-0.2, 0) is 26.2 Å². The summed E-state index contributed by atoms with van der Waals surface area (Å²) in [6, 6.07) is 21.2. The summed E-state index contributed by atoms with van der Waals surface area (Å²) in [4.78, 5) is 28.0. The highest BCUT2D eigenvalue weighted by Crippen LogP contribution is 2.33. The predicted molar refractivity (Wildman–Crippen MR) is 155 cm³/mol. The van der Waals surface area contributed by atoms with Gasteiger partial charge in [0, 0.05) is 12.6 Å². The number of carbonyl (C=O) groups is 2. The second-order valence-corrected chi connectivity index (χ2v) is 12.2. The number of amides is 2. The Morgan fingerprint density at radius 2 is 1.71 bits per heavy atom. The van der Waals surface area contributed by atoms with E-state index in [-0.39, 0.29) is 35.9 Å². The van der Waals surface area contributed by atoms with Gasteiger partial charge in [-0.25, -0.2) is 13.1 Å². The second-order valence-electron chi connectivity index (χ2n) is 10.5. The minimum atomic E-state index is -3.65. The summed E-state index contributed by atoms with van der Waals surface area (Å²) < 4.78 is 40.4. The zero-order valence-electron chi connectivity index (χ0n) is 23.0. The lowest BCUT2D eigenvalue weighted by Gasteiger charge is -2.34. The van der Waals surface area contributed by atoms with Crippen molar-refractivity contribution in [3.05, 3.63) is 83.9 Å². The van der Waals surface area contributed by atoms with Crippen LogP contribution in [0.25, 0.3) is 0 Å². The Morgan fingerprint density at radius 1 is 0.976 bits per heavy atom. The van der Waals surface area contributed by atoms with Crippen molar-refractivity contribution in [2.75, 3.05) is 18.1 Å². The number of anilines is 1. The lowest BCUT2D eigenvalue weighted by atomic mass is 9.96. The molecule has 2 aliphatic rings. The van der Waals surface area contributed by atoms with Crippen molar-refractivity contribution in [3.63, 3.8) is 0 Å². The van der Waals surface area contributed by atoms with Crippen molar-refractivity contribution in [3.8, 4) is 11.5 Å². The first-order valence-corrected chi connectivity index (χ1v) is 15.4. The Labute approximate surface area is 240 Å². The molecular weight excluding hydrogens is 542 g/mol. The smallest absolute Gasteiger partial charge is 0.265 e. The van der Waals surface area contributed by atoms with Crippen molar-refractivity contribution >= 4 is 27.5 Å². The molecule has 1 fully saturated rings. The molecule has 5 rings (SSSR count). The van der Waals surface area contributed by atoms with Crippen molar-refractivity contribution in [2.45, 2.75) is 62.6 Å². The number of benzene rings is 3. The van der Waals surface area contributed by atoms with Crippen molar-refractivity contribution in [1.82, 2.24) is 10.0 Å². The van der Waals surface area contributed by atoms with Crippen LogP contribution in [0.5, 0.6) is 11.5 Å². The standard InChI is InChI=1S/C31H35N3O6S/c1-22-18-25(41(37,38)33-24-12-6-3-7-13-24)16-17-27(22)39-21-30(35)34-20-29(40-28-15-9-8-14-26(28)34)31(36)32-19-23-10-4-2-5-11-23/h2,4-5,8-11,14-18,24,29,33H,3,6-7,12-13,19-21H2,1H3,(H,32,36). The number of rotatable bonds is 9. The van der Waals surface area contributed by atoms with Gasteiger partial charge in [-0.1, -0.05) is 61.7 Å². The van der Waals surface area contributed by atoms with E-state index in [1.54, 1.807) is 43.3 Å². The second kappa shape index (κ2) is 12.7. The SMILES string of the molecule is Cc1cc(S(=O)(=O)NC2CCCCC2)ccc1OCC(=O)N1CC(C(=O)NCc2ccccc2)Oc2ccccc21. The number of ether oxygens (including phenoxy) is 2. The van der Waals surface area contributed by atoms with Gasteiger partial charge in [-0.3, -0.25) is 9.59 Å². The Kier molecular flexibility index (Phi) is 8.90. The molecule has 3 aromatic carbocycles. The fourth-order valence-electron chi connectivity index (χ4n) is 5.18. The van der Waals surface area contributed by atoms with Crippen LogP contribution in [0.4, 0.5) is 5.69 Å². The summed E-state index contributed by atoms with van der Waals surface area (Å²) >= 11 is 0. The number of para-hydroxylation sites is 2. The first kappa shape index (κ1) is 28.6. The third kappa shape index (κ3) is 7.07. The maximum absolute atomic E-state index is 13.3. The van der Waals surface area contributed by atoms with Gasteiger partial charge >= 0.3 is 0 Å². The van der Waals surface area contributed by atoms with Gasteiger partial charge in [-0.15, -0.1) is 0 Å². The summed E-state index contributed by atoms with van der Waals surface area (Å²) in [5.41, 5.74) is 2.11. The minimum Gasteiger partial charge on any atom is -0.483 e. The molecule has 2 amide bonds. The van der Waals surface area contributed by atoms with E-state index in [9.17, 15) is 18.0 Å². The normalized spacial score (nSPS) is 17.3. The number of fused-ring (bicyclic) bond motifs is 1. The van der Waals surface area contributed by atoms with Crippen molar-refractivity contribution < 1.29 is 27.5 Å². The monoisotopic (exact) mass is 577 g/mol. The molecule has 0 aromatic heterocycles. The lowest BCUT2D eigenvalue weighted by molar-refractivity contribution is -0.128. The number of nitrogens with zero attached hydrogens (tertiary/aromatic N) is 1.